The average molecular weight is 354 g/mol. The predicted molar refractivity (Wildman–Crippen MR) is 98.9 cm³/mol. The summed E-state index contributed by atoms with van der Waals surface area (Å²) in [5, 5.41) is 18.8. The molecule has 3 rings (SSSR count). The van der Waals surface area contributed by atoms with E-state index < -0.39 is 5.60 Å². The molecule has 26 heavy (non-hydrogen) atoms. The molecule has 2 aromatic carbocycles. The Morgan fingerprint density at radius 1 is 1.19 bits per heavy atom. The minimum Gasteiger partial charge on any atom is -0.508 e. The van der Waals surface area contributed by atoms with Crippen molar-refractivity contribution >= 4 is 11.9 Å². The van der Waals surface area contributed by atoms with Crippen molar-refractivity contribution in [1.82, 2.24) is 0 Å². The Balaban J connectivity index is 1.79. The van der Waals surface area contributed by atoms with E-state index in [9.17, 15) is 15.0 Å². The summed E-state index contributed by atoms with van der Waals surface area (Å²) in [5.41, 5.74) is 1.56. The van der Waals surface area contributed by atoms with Gasteiger partial charge in [-0.05, 0) is 61.4 Å². The van der Waals surface area contributed by atoms with E-state index in [4.69, 9.17) is 9.47 Å². The van der Waals surface area contributed by atoms with Crippen LogP contribution < -0.4 is 9.47 Å². The highest BCUT2D eigenvalue weighted by molar-refractivity contribution is 5.96. The number of ether oxygens (including phenoxy) is 2. The maximum atomic E-state index is 12.4. The quantitative estimate of drug-likeness (QED) is 0.778. The van der Waals surface area contributed by atoms with Gasteiger partial charge in [0.05, 0.1) is 19.3 Å². The second-order valence-corrected chi connectivity index (χ2v) is 6.55. The Morgan fingerprint density at radius 3 is 2.58 bits per heavy atom. The van der Waals surface area contributed by atoms with Crippen molar-refractivity contribution in [1.29, 1.82) is 0 Å². The van der Waals surface area contributed by atoms with Crippen molar-refractivity contribution in [2.45, 2.75) is 25.4 Å². The molecule has 0 saturated heterocycles. The lowest BCUT2D eigenvalue weighted by Gasteiger charge is -2.30. The number of fused-ring (bicyclic) bond motifs is 1. The van der Waals surface area contributed by atoms with E-state index in [-0.39, 0.29) is 18.1 Å². The van der Waals surface area contributed by atoms with Gasteiger partial charge in [-0.2, -0.15) is 0 Å². The molecule has 0 saturated carbocycles. The number of aromatic hydroxyl groups is 1. The monoisotopic (exact) mass is 354 g/mol. The number of carbonyl (C=O) groups excluding carboxylic acids is 1. The Hall–Kier alpha value is -2.79. The summed E-state index contributed by atoms with van der Waals surface area (Å²) in [4.78, 5) is 12.4. The van der Waals surface area contributed by atoms with Gasteiger partial charge in [0, 0.05) is 12.0 Å². The number of carbonyl (C=O) groups is 1. The van der Waals surface area contributed by atoms with Gasteiger partial charge in [-0.15, -0.1) is 0 Å². The number of hydrogen-bond acceptors (Lipinski definition) is 5. The summed E-state index contributed by atoms with van der Waals surface area (Å²) >= 11 is 0. The van der Waals surface area contributed by atoms with Gasteiger partial charge < -0.3 is 19.7 Å². The van der Waals surface area contributed by atoms with E-state index in [1.165, 1.54) is 12.1 Å². The first-order valence-electron chi connectivity index (χ1n) is 8.47. The Bertz CT molecular complexity index is 838. The highest BCUT2D eigenvalue weighted by Crippen LogP contribution is 2.39. The third kappa shape index (κ3) is 3.58. The minimum absolute atomic E-state index is 0.00409. The molecule has 0 bridgehead atoms. The summed E-state index contributed by atoms with van der Waals surface area (Å²) in [6.07, 6.45) is 4.56. The zero-order valence-corrected chi connectivity index (χ0v) is 14.9. The molecule has 2 aromatic rings. The van der Waals surface area contributed by atoms with Gasteiger partial charge in [-0.3, -0.25) is 4.79 Å². The number of ketones is 1. The van der Waals surface area contributed by atoms with Crippen molar-refractivity contribution in [3.05, 3.63) is 59.2 Å². The van der Waals surface area contributed by atoms with E-state index in [1.807, 2.05) is 31.2 Å². The van der Waals surface area contributed by atoms with Gasteiger partial charge in [0.2, 0.25) is 0 Å². The van der Waals surface area contributed by atoms with Crippen LogP contribution >= 0.6 is 0 Å². The molecule has 5 heteroatoms. The first-order chi connectivity index (χ1) is 12.5. The molecule has 136 valence electrons. The molecule has 1 atom stereocenters. The number of aliphatic hydroxyl groups excluding tert-OH is 1. The second-order valence-electron chi connectivity index (χ2n) is 6.55. The molecule has 5 nitrogen and oxygen atoms in total. The third-order valence-electron chi connectivity index (χ3n) is 4.51. The van der Waals surface area contributed by atoms with Crippen LogP contribution in [0.5, 0.6) is 17.2 Å². The first-order valence-corrected chi connectivity index (χ1v) is 8.47. The zero-order valence-electron chi connectivity index (χ0n) is 14.9. The number of methoxy groups -OCH3 is 1. The van der Waals surface area contributed by atoms with E-state index >= 15 is 0 Å². The average Bonchev–Trinajstić information content (AvgIpc) is 2.66. The van der Waals surface area contributed by atoms with Crippen LogP contribution in [0.4, 0.5) is 0 Å². The lowest BCUT2D eigenvalue weighted by molar-refractivity contribution is 0.0638. The SMILES string of the molecule is COc1c(CCC(=O)c2ccc(O)cc2)ccc2c1C=CC(C)(CO)O2. The van der Waals surface area contributed by atoms with E-state index in [1.54, 1.807) is 19.2 Å². The van der Waals surface area contributed by atoms with Gasteiger partial charge in [0.15, 0.2) is 5.78 Å². The largest absolute Gasteiger partial charge is 0.508 e. The van der Waals surface area contributed by atoms with Crippen LogP contribution in [-0.4, -0.2) is 35.3 Å². The highest BCUT2D eigenvalue weighted by atomic mass is 16.5. The van der Waals surface area contributed by atoms with Crippen molar-refractivity contribution in [3.63, 3.8) is 0 Å². The molecule has 0 aliphatic carbocycles. The molecular weight excluding hydrogens is 332 g/mol. The number of aryl methyl sites for hydroxylation is 1. The van der Waals surface area contributed by atoms with Crippen LogP contribution in [-0.2, 0) is 6.42 Å². The molecule has 1 aliphatic rings. The number of rotatable bonds is 6. The van der Waals surface area contributed by atoms with Gasteiger partial charge in [-0.1, -0.05) is 6.07 Å². The van der Waals surface area contributed by atoms with Crippen molar-refractivity contribution < 1.29 is 24.5 Å². The zero-order chi connectivity index (χ0) is 18.7. The predicted octanol–water partition coefficient (Wildman–Crippen LogP) is 3.37. The first kappa shape index (κ1) is 18.0. The molecule has 1 heterocycles. The van der Waals surface area contributed by atoms with Gasteiger partial charge in [0.1, 0.15) is 22.8 Å². The molecule has 1 unspecified atom stereocenters. The fraction of sp³-hybridized carbons (Fsp3) is 0.286. The molecular formula is C21H22O5. The summed E-state index contributed by atoms with van der Waals surface area (Å²) in [7, 11) is 1.59. The van der Waals surface area contributed by atoms with E-state index in [0.29, 0.717) is 29.9 Å². The summed E-state index contributed by atoms with van der Waals surface area (Å²) in [5.74, 6) is 1.47. The normalized spacial score (nSPS) is 18.1. The fourth-order valence-electron chi connectivity index (χ4n) is 2.98. The van der Waals surface area contributed by atoms with E-state index in [2.05, 4.69) is 0 Å². The summed E-state index contributed by atoms with van der Waals surface area (Å²) < 4.78 is 11.4. The highest BCUT2D eigenvalue weighted by Gasteiger charge is 2.28. The Kier molecular flexibility index (Phi) is 5.00. The summed E-state index contributed by atoms with van der Waals surface area (Å²) in [6.45, 7) is 1.69. The summed E-state index contributed by atoms with van der Waals surface area (Å²) in [6, 6.07) is 9.98. The standard InChI is InChI=1S/C21H22O5/c1-21(13-22)12-11-17-19(26-21)10-6-15(20(17)25-2)5-9-18(24)14-3-7-16(23)8-4-14/h3-4,6-8,10-12,22-23H,5,9,13H2,1-2H3. The van der Waals surface area contributed by atoms with Crippen molar-refractivity contribution in [2.75, 3.05) is 13.7 Å². The fourth-order valence-corrected chi connectivity index (χ4v) is 2.98. The number of phenols is 1. The van der Waals surface area contributed by atoms with Crippen molar-refractivity contribution in [3.8, 4) is 17.2 Å². The second kappa shape index (κ2) is 7.22. The molecule has 0 radical (unpaired) electrons. The maximum absolute atomic E-state index is 12.4. The van der Waals surface area contributed by atoms with Crippen LogP contribution in [0.25, 0.3) is 6.08 Å². The number of phenolic OH excluding ortho intramolecular Hbond substituents is 1. The molecule has 2 N–H and O–H groups in total. The van der Waals surface area contributed by atoms with Gasteiger partial charge >= 0.3 is 0 Å². The Morgan fingerprint density at radius 2 is 1.92 bits per heavy atom. The molecule has 0 amide bonds. The smallest absolute Gasteiger partial charge is 0.163 e. The minimum atomic E-state index is -0.742. The van der Waals surface area contributed by atoms with Crippen LogP contribution in [0.3, 0.4) is 0 Å². The lowest BCUT2D eigenvalue weighted by Crippen LogP contribution is -2.35. The maximum Gasteiger partial charge on any atom is 0.163 e. The number of benzene rings is 2. The van der Waals surface area contributed by atoms with Crippen LogP contribution in [0.2, 0.25) is 0 Å². The van der Waals surface area contributed by atoms with Crippen LogP contribution in [0.15, 0.2) is 42.5 Å². The Labute approximate surface area is 152 Å². The van der Waals surface area contributed by atoms with Gasteiger partial charge in [0.25, 0.3) is 0 Å². The third-order valence-corrected chi connectivity index (χ3v) is 4.51. The molecule has 0 fully saturated rings. The topological polar surface area (TPSA) is 76.0 Å². The number of aliphatic hydroxyl groups is 1. The van der Waals surface area contributed by atoms with Crippen LogP contribution in [0, 0.1) is 0 Å². The van der Waals surface area contributed by atoms with Gasteiger partial charge in [-0.25, -0.2) is 0 Å². The van der Waals surface area contributed by atoms with Crippen LogP contribution in [0.1, 0.15) is 34.8 Å². The molecule has 0 aromatic heterocycles. The number of Topliss-reactive ketones (excluding diaryl/α,β-unsaturated/α-hetero) is 1. The lowest BCUT2D eigenvalue weighted by atomic mass is 9.96. The molecule has 1 aliphatic heterocycles. The van der Waals surface area contributed by atoms with Crippen molar-refractivity contribution in [2.24, 2.45) is 0 Å². The number of hydrogen-bond donors (Lipinski definition) is 2. The molecule has 0 spiro atoms. The van der Waals surface area contributed by atoms with E-state index in [0.717, 1.165) is 11.1 Å².